The molecule has 0 atom stereocenters. The molecule has 0 aliphatic heterocycles. The number of nitro benzene ring substituents is 1. The number of aromatic hydroxyl groups is 1. The Bertz CT molecular complexity index is 737. The minimum absolute atomic E-state index is 0.00844. The maximum absolute atomic E-state index is 10.9. The summed E-state index contributed by atoms with van der Waals surface area (Å²) in [5.74, 6) is 0.00844. The standard InChI is InChI=1S/C16H16N2O3/c1-10-4-5-15(11(2)6-10)17-9-13-8-14(18(20)21)7-12(3)16(13)19/h4-9,19H,1-3H3. The number of aliphatic imine (C=N–C) groups is 1. The summed E-state index contributed by atoms with van der Waals surface area (Å²) in [4.78, 5) is 14.7. The van der Waals surface area contributed by atoms with Gasteiger partial charge in [0.05, 0.1) is 10.6 Å². The smallest absolute Gasteiger partial charge is 0.270 e. The molecule has 0 bridgehead atoms. The van der Waals surface area contributed by atoms with E-state index in [-0.39, 0.29) is 11.4 Å². The van der Waals surface area contributed by atoms with E-state index < -0.39 is 4.92 Å². The van der Waals surface area contributed by atoms with E-state index in [0.717, 1.165) is 16.8 Å². The van der Waals surface area contributed by atoms with E-state index in [2.05, 4.69) is 4.99 Å². The van der Waals surface area contributed by atoms with Crippen molar-refractivity contribution >= 4 is 17.6 Å². The van der Waals surface area contributed by atoms with Gasteiger partial charge >= 0.3 is 0 Å². The summed E-state index contributed by atoms with van der Waals surface area (Å²) >= 11 is 0. The Balaban J connectivity index is 2.43. The lowest BCUT2D eigenvalue weighted by Crippen LogP contribution is -1.93. The van der Waals surface area contributed by atoms with E-state index in [1.54, 1.807) is 6.92 Å². The van der Waals surface area contributed by atoms with Crippen LogP contribution in [-0.2, 0) is 0 Å². The van der Waals surface area contributed by atoms with Crippen molar-refractivity contribution in [3.05, 3.63) is 62.7 Å². The molecule has 0 unspecified atom stereocenters. The van der Waals surface area contributed by atoms with Crippen LogP contribution in [0.2, 0.25) is 0 Å². The van der Waals surface area contributed by atoms with E-state index in [0.29, 0.717) is 11.1 Å². The normalized spacial score (nSPS) is 11.0. The van der Waals surface area contributed by atoms with Crippen LogP contribution in [0.1, 0.15) is 22.3 Å². The van der Waals surface area contributed by atoms with Gasteiger partial charge in [-0.15, -0.1) is 0 Å². The molecular formula is C16H16N2O3. The maximum Gasteiger partial charge on any atom is 0.270 e. The van der Waals surface area contributed by atoms with Gasteiger partial charge in [-0.05, 0) is 38.0 Å². The zero-order valence-electron chi connectivity index (χ0n) is 12.1. The zero-order valence-corrected chi connectivity index (χ0v) is 12.1. The topological polar surface area (TPSA) is 75.7 Å². The summed E-state index contributed by atoms with van der Waals surface area (Å²) in [6, 6.07) is 8.48. The van der Waals surface area contributed by atoms with Crippen LogP contribution in [0.15, 0.2) is 35.3 Å². The van der Waals surface area contributed by atoms with Crippen LogP contribution in [-0.4, -0.2) is 16.2 Å². The lowest BCUT2D eigenvalue weighted by molar-refractivity contribution is -0.384. The summed E-state index contributed by atoms with van der Waals surface area (Å²) in [7, 11) is 0. The Morgan fingerprint density at radius 1 is 1.14 bits per heavy atom. The third-order valence-corrected chi connectivity index (χ3v) is 3.22. The summed E-state index contributed by atoms with van der Waals surface area (Å²) < 4.78 is 0. The second-order valence-corrected chi connectivity index (χ2v) is 5.01. The van der Waals surface area contributed by atoms with E-state index in [9.17, 15) is 15.2 Å². The highest BCUT2D eigenvalue weighted by Gasteiger charge is 2.12. The quantitative estimate of drug-likeness (QED) is 0.526. The van der Waals surface area contributed by atoms with Gasteiger partial charge in [0.1, 0.15) is 5.75 Å². The van der Waals surface area contributed by atoms with Crippen LogP contribution in [0.4, 0.5) is 11.4 Å². The van der Waals surface area contributed by atoms with Crippen molar-refractivity contribution in [3.63, 3.8) is 0 Å². The highest BCUT2D eigenvalue weighted by molar-refractivity contribution is 5.87. The van der Waals surface area contributed by atoms with Crippen molar-refractivity contribution in [2.45, 2.75) is 20.8 Å². The molecule has 0 aromatic heterocycles. The molecule has 0 spiro atoms. The first-order chi connectivity index (χ1) is 9.88. The fourth-order valence-electron chi connectivity index (χ4n) is 2.08. The SMILES string of the molecule is Cc1ccc(N=Cc2cc([N+](=O)[O-])cc(C)c2O)c(C)c1. The van der Waals surface area contributed by atoms with Gasteiger partial charge < -0.3 is 5.11 Å². The Morgan fingerprint density at radius 2 is 1.86 bits per heavy atom. The number of non-ortho nitro benzene ring substituents is 1. The van der Waals surface area contributed by atoms with E-state index in [1.807, 2.05) is 32.0 Å². The lowest BCUT2D eigenvalue weighted by Gasteiger charge is -2.04. The molecule has 2 rings (SSSR count). The van der Waals surface area contributed by atoms with Gasteiger partial charge in [0.2, 0.25) is 0 Å². The summed E-state index contributed by atoms with van der Waals surface area (Å²) in [6.07, 6.45) is 1.45. The van der Waals surface area contributed by atoms with Crippen LogP contribution in [0.5, 0.6) is 5.75 Å². The molecule has 1 N–H and O–H groups in total. The van der Waals surface area contributed by atoms with Gasteiger partial charge in [-0.1, -0.05) is 17.7 Å². The van der Waals surface area contributed by atoms with E-state index >= 15 is 0 Å². The number of aryl methyl sites for hydroxylation is 3. The number of hydrogen-bond acceptors (Lipinski definition) is 4. The lowest BCUT2D eigenvalue weighted by atomic mass is 10.1. The second-order valence-electron chi connectivity index (χ2n) is 5.01. The summed E-state index contributed by atoms with van der Waals surface area (Å²) in [5.41, 5.74) is 3.64. The van der Waals surface area contributed by atoms with Crippen molar-refractivity contribution in [1.82, 2.24) is 0 Å². The molecule has 0 aliphatic rings. The Kier molecular flexibility index (Phi) is 4.03. The first-order valence-corrected chi connectivity index (χ1v) is 6.48. The molecule has 0 aliphatic carbocycles. The molecule has 0 saturated carbocycles. The third-order valence-electron chi connectivity index (χ3n) is 3.22. The van der Waals surface area contributed by atoms with Crippen LogP contribution in [0.25, 0.3) is 0 Å². The van der Waals surface area contributed by atoms with E-state index in [4.69, 9.17) is 0 Å². The molecule has 0 radical (unpaired) electrons. The largest absolute Gasteiger partial charge is 0.507 e. The highest BCUT2D eigenvalue weighted by Crippen LogP contribution is 2.27. The molecular weight excluding hydrogens is 268 g/mol. The van der Waals surface area contributed by atoms with Gasteiger partial charge in [-0.2, -0.15) is 0 Å². The van der Waals surface area contributed by atoms with Crippen LogP contribution >= 0.6 is 0 Å². The average molecular weight is 284 g/mol. The average Bonchev–Trinajstić information content (AvgIpc) is 2.41. The molecule has 0 amide bonds. The molecule has 21 heavy (non-hydrogen) atoms. The highest BCUT2D eigenvalue weighted by atomic mass is 16.6. The van der Waals surface area contributed by atoms with Crippen molar-refractivity contribution in [1.29, 1.82) is 0 Å². The first kappa shape index (κ1) is 14.7. The Hall–Kier alpha value is -2.69. The minimum Gasteiger partial charge on any atom is -0.507 e. The van der Waals surface area contributed by atoms with Crippen molar-refractivity contribution in [2.75, 3.05) is 0 Å². The Labute approximate surface area is 122 Å². The number of rotatable bonds is 3. The van der Waals surface area contributed by atoms with Crippen molar-refractivity contribution in [2.24, 2.45) is 4.99 Å². The molecule has 2 aromatic carbocycles. The molecule has 0 saturated heterocycles. The zero-order chi connectivity index (χ0) is 15.6. The molecule has 108 valence electrons. The summed E-state index contributed by atoms with van der Waals surface area (Å²) in [6.45, 7) is 5.56. The van der Waals surface area contributed by atoms with Gasteiger partial charge in [-0.25, -0.2) is 0 Å². The van der Waals surface area contributed by atoms with Gasteiger partial charge in [0, 0.05) is 23.9 Å². The molecule has 2 aromatic rings. The second kappa shape index (κ2) is 5.75. The predicted octanol–water partition coefficient (Wildman–Crippen LogP) is 3.98. The van der Waals surface area contributed by atoms with Crippen LogP contribution in [0.3, 0.4) is 0 Å². The van der Waals surface area contributed by atoms with Crippen LogP contribution in [0, 0.1) is 30.9 Å². The van der Waals surface area contributed by atoms with Crippen molar-refractivity contribution in [3.8, 4) is 5.75 Å². The minimum atomic E-state index is -0.485. The Morgan fingerprint density at radius 3 is 2.48 bits per heavy atom. The van der Waals surface area contributed by atoms with Crippen LogP contribution < -0.4 is 0 Å². The predicted molar refractivity (Wildman–Crippen MR) is 82.7 cm³/mol. The monoisotopic (exact) mass is 284 g/mol. The number of nitrogens with zero attached hydrogens (tertiary/aromatic N) is 2. The number of nitro groups is 1. The number of hydrogen-bond donors (Lipinski definition) is 1. The molecule has 5 nitrogen and oxygen atoms in total. The molecule has 5 heteroatoms. The number of phenols is 1. The summed E-state index contributed by atoms with van der Waals surface area (Å²) in [5, 5.41) is 20.8. The van der Waals surface area contributed by atoms with Gasteiger partial charge in [-0.3, -0.25) is 15.1 Å². The third kappa shape index (κ3) is 3.25. The fraction of sp³-hybridized carbons (Fsp3) is 0.188. The maximum atomic E-state index is 10.9. The number of benzene rings is 2. The fourth-order valence-corrected chi connectivity index (χ4v) is 2.08. The van der Waals surface area contributed by atoms with Crippen molar-refractivity contribution < 1.29 is 10.0 Å². The van der Waals surface area contributed by atoms with E-state index in [1.165, 1.54) is 18.3 Å². The first-order valence-electron chi connectivity index (χ1n) is 6.48. The van der Waals surface area contributed by atoms with Gasteiger partial charge in [0.25, 0.3) is 5.69 Å². The molecule has 0 heterocycles. The molecule has 0 fully saturated rings. The van der Waals surface area contributed by atoms with Gasteiger partial charge in [0.15, 0.2) is 0 Å². The number of phenolic OH excluding ortho intramolecular Hbond substituents is 1.